The lowest BCUT2D eigenvalue weighted by atomic mass is 10.1. The lowest BCUT2D eigenvalue weighted by molar-refractivity contribution is 0.572. The summed E-state index contributed by atoms with van der Waals surface area (Å²) in [6, 6.07) is 39.6. The second-order valence-corrected chi connectivity index (χ2v) is 12.3. The Morgan fingerprint density at radius 3 is 1.27 bits per heavy atom. The summed E-state index contributed by atoms with van der Waals surface area (Å²) in [4.78, 5) is 13.7. The Bertz CT molecular complexity index is 2860. The van der Waals surface area contributed by atoms with Gasteiger partial charge in [0, 0.05) is 81.1 Å². The van der Waals surface area contributed by atoms with Crippen LogP contribution in [0, 0.1) is 0 Å². The summed E-state index contributed by atoms with van der Waals surface area (Å²) in [7, 11) is 0. The summed E-state index contributed by atoms with van der Waals surface area (Å²) in [6.45, 7) is 0. The van der Waals surface area contributed by atoms with Gasteiger partial charge in [0.25, 0.3) is 0 Å². The van der Waals surface area contributed by atoms with Gasteiger partial charge in [0.05, 0.1) is 23.9 Å². The van der Waals surface area contributed by atoms with Gasteiger partial charge in [0.2, 0.25) is 11.8 Å². The summed E-state index contributed by atoms with van der Waals surface area (Å²) in [5, 5.41) is 5.90. The minimum absolute atomic E-state index is 0.605. The third-order valence-corrected chi connectivity index (χ3v) is 9.37. The van der Waals surface area contributed by atoms with Gasteiger partial charge in [-0.3, -0.25) is 9.80 Å². The highest BCUT2D eigenvalue weighted by atomic mass is 16.4. The van der Waals surface area contributed by atoms with E-state index in [0.717, 1.165) is 66.0 Å². The molecule has 7 heterocycles. The smallest absolute Gasteiger partial charge is 0.205 e. The highest BCUT2D eigenvalue weighted by Crippen LogP contribution is 2.42. The molecule has 0 atom stereocenters. The van der Waals surface area contributed by atoms with Gasteiger partial charge in [-0.15, -0.1) is 0 Å². The van der Waals surface area contributed by atoms with Crippen LogP contribution in [0.4, 0.5) is 34.8 Å². The molecule has 0 saturated heterocycles. The third kappa shape index (κ3) is 4.28. The number of hydrogen-bond acceptors (Lipinski definition) is 9. The zero-order valence-electron chi connectivity index (χ0n) is 26.7. The Hall–Kier alpha value is -7.26. The molecular weight excluding hydrogens is 640 g/mol. The highest BCUT2D eigenvalue weighted by Gasteiger charge is 2.23. The van der Waals surface area contributed by atoms with Crippen LogP contribution in [0.1, 0.15) is 0 Å². The molecule has 0 bridgehead atoms. The number of fused-ring (bicyclic) bond motifs is 9. The van der Waals surface area contributed by atoms with Gasteiger partial charge in [-0.1, -0.05) is 36.4 Å². The fraction of sp³-hybridized carbons (Fsp3) is 0. The van der Waals surface area contributed by atoms with Crippen LogP contribution >= 0.6 is 0 Å². The van der Waals surface area contributed by atoms with E-state index < -0.39 is 0 Å². The zero-order valence-corrected chi connectivity index (χ0v) is 26.7. The summed E-state index contributed by atoms with van der Waals surface area (Å²) < 4.78 is 30.8. The lowest BCUT2D eigenvalue weighted by Gasteiger charge is -2.21. The molecule has 0 aliphatic carbocycles. The van der Waals surface area contributed by atoms with Crippen molar-refractivity contribution in [3.05, 3.63) is 146 Å². The summed E-state index contributed by atoms with van der Waals surface area (Å²) in [6.07, 6.45) is 6.91. The van der Waals surface area contributed by atoms with Gasteiger partial charge in [0.15, 0.2) is 0 Å². The molecule has 9 nitrogen and oxygen atoms in total. The van der Waals surface area contributed by atoms with Gasteiger partial charge in [-0.05, 0) is 48.5 Å². The quantitative estimate of drug-likeness (QED) is 0.172. The van der Waals surface area contributed by atoms with Crippen molar-refractivity contribution in [1.29, 1.82) is 0 Å². The van der Waals surface area contributed by atoms with Gasteiger partial charge in [-0.25, -0.2) is 9.97 Å². The minimum atomic E-state index is 0.605. The molecule has 51 heavy (non-hydrogen) atoms. The number of nitrogens with zero attached hydrogens (tertiary/aromatic N) is 4. The van der Waals surface area contributed by atoms with E-state index in [4.69, 9.17) is 32.1 Å². The van der Waals surface area contributed by atoms with Gasteiger partial charge >= 0.3 is 0 Å². The van der Waals surface area contributed by atoms with Crippen LogP contribution < -0.4 is 9.80 Å². The highest BCUT2D eigenvalue weighted by molar-refractivity contribution is 6.08. The molecule has 11 rings (SSSR count). The first-order chi connectivity index (χ1) is 25.2. The first-order valence-corrected chi connectivity index (χ1v) is 16.4. The number of rotatable bonds is 6. The molecule has 242 valence electrons. The van der Waals surface area contributed by atoms with Crippen molar-refractivity contribution in [2.24, 2.45) is 0 Å². The molecule has 0 unspecified atom stereocenters. The fourth-order valence-corrected chi connectivity index (χ4v) is 7.04. The van der Waals surface area contributed by atoms with Crippen molar-refractivity contribution in [2.45, 2.75) is 0 Å². The predicted octanol–water partition coefficient (Wildman–Crippen LogP) is 12.3. The Morgan fingerprint density at radius 2 is 0.804 bits per heavy atom. The molecule has 0 amide bonds. The summed E-state index contributed by atoms with van der Waals surface area (Å²) in [5.41, 5.74) is 6.20. The van der Waals surface area contributed by atoms with Crippen LogP contribution in [0.5, 0.6) is 0 Å². The molecule has 0 spiro atoms. The van der Waals surface area contributed by atoms with Crippen LogP contribution in [0.3, 0.4) is 0 Å². The monoisotopic (exact) mass is 664 g/mol. The van der Waals surface area contributed by atoms with Crippen LogP contribution in [-0.4, -0.2) is 9.97 Å². The number of pyridine rings is 2. The van der Waals surface area contributed by atoms with E-state index in [1.165, 1.54) is 0 Å². The number of benzene rings is 4. The summed E-state index contributed by atoms with van der Waals surface area (Å²) >= 11 is 0. The molecule has 0 aliphatic heterocycles. The van der Waals surface area contributed by atoms with Crippen molar-refractivity contribution < 1.29 is 22.1 Å². The van der Waals surface area contributed by atoms with Gasteiger partial charge in [-0.2, -0.15) is 0 Å². The normalized spacial score (nSPS) is 11.9. The molecule has 0 aliphatic rings. The molecule has 11 aromatic rings. The maximum Gasteiger partial charge on any atom is 0.205 e. The van der Waals surface area contributed by atoms with Crippen molar-refractivity contribution in [3.63, 3.8) is 0 Å². The zero-order chi connectivity index (χ0) is 33.5. The molecule has 9 heteroatoms. The molecule has 7 aromatic heterocycles. The van der Waals surface area contributed by atoms with Crippen LogP contribution in [0.15, 0.2) is 168 Å². The van der Waals surface area contributed by atoms with Crippen LogP contribution in [0.2, 0.25) is 0 Å². The third-order valence-electron chi connectivity index (χ3n) is 9.37. The van der Waals surface area contributed by atoms with E-state index in [2.05, 4.69) is 24.3 Å². The SMILES string of the molecule is c1coc(N(c2ccc3c(c2)oc2ccccc23)c2cc3oc4cc(N(c5ccc6c(c5)oc5ccccc56)c5ccco5)ncc4c3cn2)c1. The Balaban J connectivity index is 1.02. The standard InChI is InChI=1S/C42H24N4O5/c1-3-9-33-27(7-1)29-15-13-25(19-35(29)49-33)45(41-11-5-17-47-41)39-21-37-31(23-43-39)32-24-44-40(22-38(32)51-37)46(42-12-6-18-48-42)26-14-16-30-28-8-2-4-10-34(28)50-36(30)20-26/h1-24H. The van der Waals surface area contributed by atoms with E-state index in [-0.39, 0.29) is 0 Å². The number of furan rings is 5. The van der Waals surface area contributed by atoms with Gasteiger partial charge in [0.1, 0.15) is 45.1 Å². The number of para-hydroxylation sites is 2. The maximum atomic E-state index is 6.53. The van der Waals surface area contributed by atoms with Crippen molar-refractivity contribution in [2.75, 3.05) is 9.80 Å². The van der Waals surface area contributed by atoms with Gasteiger partial charge < -0.3 is 22.1 Å². The molecule has 0 radical (unpaired) electrons. The largest absolute Gasteiger partial charge is 0.456 e. The Morgan fingerprint density at radius 1 is 0.373 bits per heavy atom. The van der Waals surface area contributed by atoms with E-state index >= 15 is 0 Å². The second-order valence-electron chi connectivity index (χ2n) is 12.3. The Labute approximate surface area is 288 Å². The van der Waals surface area contributed by atoms with Crippen molar-refractivity contribution in [3.8, 4) is 0 Å². The minimum Gasteiger partial charge on any atom is -0.456 e. The average Bonchev–Trinajstić information content (AvgIpc) is 4.01. The topological polar surface area (TPSA) is 98.0 Å². The predicted molar refractivity (Wildman–Crippen MR) is 198 cm³/mol. The number of aromatic nitrogens is 2. The first-order valence-electron chi connectivity index (χ1n) is 16.4. The average molecular weight is 665 g/mol. The van der Waals surface area contributed by atoms with Crippen LogP contribution in [-0.2, 0) is 0 Å². The maximum absolute atomic E-state index is 6.53. The lowest BCUT2D eigenvalue weighted by Crippen LogP contribution is -2.10. The molecule has 0 saturated carbocycles. The van der Waals surface area contributed by atoms with Crippen LogP contribution in [0.25, 0.3) is 65.8 Å². The number of hydrogen-bond donors (Lipinski definition) is 0. The first kappa shape index (κ1) is 27.7. The molecular formula is C42H24N4O5. The molecule has 0 N–H and O–H groups in total. The Kier molecular flexibility index (Phi) is 5.76. The van der Waals surface area contributed by atoms with E-state index in [0.29, 0.717) is 34.6 Å². The van der Waals surface area contributed by atoms with E-state index in [1.54, 1.807) is 12.5 Å². The second kappa shape index (κ2) is 10.6. The summed E-state index contributed by atoms with van der Waals surface area (Å²) in [5.74, 6) is 2.45. The molecule has 0 fully saturated rings. The molecule has 4 aromatic carbocycles. The van der Waals surface area contributed by atoms with Crippen molar-refractivity contribution >= 4 is 101 Å². The van der Waals surface area contributed by atoms with Crippen molar-refractivity contribution in [1.82, 2.24) is 9.97 Å². The number of anilines is 6. The van der Waals surface area contributed by atoms with E-state index in [9.17, 15) is 0 Å². The van der Waals surface area contributed by atoms with E-state index in [1.807, 2.05) is 119 Å². The fourth-order valence-electron chi connectivity index (χ4n) is 7.04.